The van der Waals surface area contributed by atoms with E-state index in [0.717, 1.165) is 6.39 Å². The van der Waals surface area contributed by atoms with Gasteiger partial charge in [0.1, 0.15) is 11.3 Å². The predicted molar refractivity (Wildman–Crippen MR) is 59.5 cm³/mol. The number of aromatic nitrogens is 3. The monoisotopic (exact) mass is 229 g/mol. The van der Waals surface area contributed by atoms with Crippen LogP contribution in [0.25, 0.3) is 22.4 Å². The Morgan fingerprint density at radius 1 is 1.29 bits per heavy atom. The van der Waals surface area contributed by atoms with Gasteiger partial charge in [0.15, 0.2) is 0 Å². The standard InChI is InChI=1S/C11H7N3O3/c15-9-6-3-1-2-4-7(6)13-10(16)8(9)11-14-12-5-17-11/h1-5H,(H2,13,15,16). The molecule has 0 fully saturated rings. The van der Waals surface area contributed by atoms with E-state index in [1.165, 1.54) is 0 Å². The maximum absolute atomic E-state index is 11.8. The van der Waals surface area contributed by atoms with Gasteiger partial charge >= 0.3 is 0 Å². The third kappa shape index (κ3) is 1.38. The van der Waals surface area contributed by atoms with Crippen molar-refractivity contribution in [1.29, 1.82) is 0 Å². The number of nitrogens with zero attached hydrogens (tertiary/aromatic N) is 2. The molecule has 2 heterocycles. The average molecular weight is 229 g/mol. The molecule has 6 nitrogen and oxygen atoms in total. The van der Waals surface area contributed by atoms with Gasteiger partial charge in [-0.2, -0.15) is 0 Å². The second-order valence-electron chi connectivity index (χ2n) is 3.47. The summed E-state index contributed by atoms with van der Waals surface area (Å²) in [7, 11) is 0. The summed E-state index contributed by atoms with van der Waals surface area (Å²) in [6.07, 6.45) is 1.10. The summed E-state index contributed by atoms with van der Waals surface area (Å²) in [4.78, 5) is 14.5. The number of benzene rings is 1. The Bertz CT molecular complexity index is 731. The number of rotatable bonds is 1. The summed E-state index contributed by atoms with van der Waals surface area (Å²) in [5.41, 5.74) is 0.0740. The van der Waals surface area contributed by atoms with Crippen molar-refractivity contribution in [2.45, 2.75) is 0 Å². The summed E-state index contributed by atoms with van der Waals surface area (Å²) >= 11 is 0. The molecule has 6 heteroatoms. The highest BCUT2D eigenvalue weighted by molar-refractivity contribution is 5.90. The lowest BCUT2D eigenvalue weighted by molar-refractivity contribution is 0.477. The average Bonchev–Trinajstić information content (AvgIpc) is 2.83. The van der Waals surface area contributed by atoms with E-state index in [-0.39, 0.29) is 17.2 Å². The molecule has 17 heavy (non-hydrogen) atoms. The van der Waals surface area contributed by atoms with Crippen molar-refractivity contribution in [2.24, 2.45) is 0 Å². The Hall–Kier alpha value is -2.63. The summed E-state index contributed by atoms with van der Waals surface area (Å²) in [6.45, 7) is 0. The number of hydrogen-bond acceptors (Lipinski definition) is 5. The smallest absolute Gasteiger partial charge is 0.265 e. The van der Waals surface area contributed by atoms with Gasteiger partial charge in [-0.1, -0.05) is 12.1 Å². The number of aromatic amines is 1. The summed E-state index contributed by atoms with van der Waals surface area (Å²) in [5.74, 6) is -0.164. The van der Waals surface area contributed by atoms with E-state index in [2.05, 4.69) is 15.2 Å². The van der Waals surface area contributed by atoms with Crippen LogP contribution in [0.1, 0.15) is 0 Å². The minimum absolute atomic E-state index is 0.00509. The molecular formula is C11H7N3O3. The van der Waals surface area contributed by atoms with Crippen molar-refractivity contribution in [3.63, 3.8) is 0 Å². The maximum atomic E-state index is 11.8. The number of nitrogens with one attached hydrogen (secondary N) is 1. The summed E-state index contributed by atoms with van der Waals surface area (Å²) in [5, 5.41) is 17.7. The zero-order valence-corrected chi connectivity index (χ0v) is 8.54. The van der Waals surface area contributed by atoms with Crippen LogP contribution in [0.5, 0.6) is 5.75 Å². The molecule has 84 valence electrons. The van der Waals surface area contributed by atoms with Crippen LogP contribution < -0.4 is 5.56 Å². The number of aromatic hydroxyl groups is 1. The molecule has 2 aromatic heterocycles. The number of hydrogen-bond donors (Lipinski definition) is 2. The number of fused-ring (bicyclic) bond motifs is 1. The van der Waals surface area contributed by atoms with Gasteiger partial charge in [-0.25, -0.2) is 0 Å². The highest BCUT2D eigenvalue weighted by atomic mass is 16.4. The zero-order chi connectivity index (χ0) is 11.8. The lowest BCUT2D eigenvalue weighted by atomic mass is 10.1. The van der Waals surface area contributed by atoms with Gasteiger partial charge in [-0.3, -0.25) is 4.79 Å². The molecule has 0 saturated heterocycles. The highest BCUT2D eigenvalue weighted by Gasteiger charge is 2.17. The van der Waals surface area contributed by atoms with E-state index in [1.54, 1.807) is 24.3 Å². The molecule has 0 aliphatic carbocycles. The fourth-order valence-corrected chi connectivity index (χ4v) is 1.71. The van der Waals surface area contributed by atoms with Gasteiger partial charge in [0.05, 0.1) is 5.52 Å². The Labute approximate surface area is 94.5 Å². The number of H-pyrrole nitrogens is 1. The van der Waals surface area contributed by atoms with E-state index >= 15 is 0 Å². The minimum atomic E-state index is -0.467. The van der Waals surface area contributed by atoms with Crippen LogP contribution in [0.15, 0.2) is 39.9 Å². The van der Waals surface area contributed by atoms with Gasteiger partial charge in [0.2, 0.25) is 6.39 Å². The fourth-order valence-electron chi connectivity index (χ4n) is 1.71. The summed E-state index contributed by atoms with van der Waals surface area (Å²) < 4.78 is 4.93. The fraction of sp³-hybridized carbons (Fsp3) is 0. The summed E-state index contributed by atoms with van der Waals surface area (Å²) in [6, 6.07) is 6.93. The van der Waals surface area contributed by atoms with Gasteiger partial charge < -0.3 is 14.5 Å². The number of para-hydroxylation sites is 1. The van der Waals surface area contributed by atoms with Gasteiger partial charge in [0.25, 0.3) is 11.4 Å². The predicted octanol–water partition coefficient (Wildman–Crippen LogP) is 1.28. The van der Waals surface area contributed by atoms with E-state index < -0.39 is 5.56 Å². The van der Waals surface area contributed by atoms with Crippen LogP contribution in [0, 0.1) is 0 Å². The molecule has 0 atom stereocenters. The lowest BCUT2D eigenvalue weighted by Crippen LogP contribution is -2.09. The Morgan fingerprint density at radius 3 is 2.88 bits per heavy atom. The molecular weight excluding hydrogens is 222 g/mol. The molecule has 0 aliphatic heterocycles. The zero-order valence-electron chi connectivity index (χ0n) is 8.54. The minimum Gasteiger partial charge on any atom is -0.506 e. The number of pyridine rings is 1. The first-order valence-electron chi connectivity index (χ1n) is 4.88. The topological polar surface area (TPSA) is 92.0 Å². The van der Waals surface area contributed by atoms with Crippen molar-refractivity contribution in [2.75, 3.05) is 0 Å². The van der Waals surface area contributed by atoms with Crippen molar-refractivity contribution in [1.82, 2.24) is 15.2 Å². The Morgan fingerprint density at radius 2 is 2.12 bits per heavy atom. The first-order valence-corrected chi connectivity index (χ1v) is 4.88. The van der Waals surface area contributed by atoms with Crippen molar-refractivity contribution < 1.29 is 9.52 Å². The molecule has 0 radical (unpaired) electrons. The van der Waals surface area contributed by atoms with E-state index in [9.17, 15) is 9.90 Å². The van der Waals surface area contributed by atoms with Gasteiger partial charge in [0, 0.05) is 5.39 Å². The molecule has 2 N–H and O–H groups in total. The third-order valence-electron chi connectivity index (χ3n) is 2.47. The largest absolute Gasteiger partial charge is 0.506 e. The van der Waals surface area contributed by atoms with Crippen molar-refractivity contribution in [3.8, 4) is 17.2 Å². The van der Waals surface area contributed by atoms with Crippen LogP contribution in [0.3, 0.4) is 0 Å². The second kappa shape index (κ2) is 3.44. The second-order valence-corrected chi connectivity index (χ2v) is 3.47. The molecule has 0 amide bonds. The van der Waals surface area contributed by atoms with E-state index in [4.69, 9.17) is 4.42 Å². The molecule has 3 rings (SSSR count). The first-order chi connectivity index (χ1) is 8.27. The molecule has 3 aromatic rings. The molecule has 1 aromatic carbocycles. The molecule has 0 saturated carbocycles. The van der Waals surface area contributed by atoms with Crippen LogP contribution in [-0.2, 0) is 0 Å². The quantitative estimate of drug-likeness (QED) is 0.655. The van der Waals surface area contributed by atoms with Crippen LogP contribution in [0.4, 0.5) is 0 Å². The molecule has 0 unspecified atom stereocenters. The molecule has 0 bridgehead atoms. The van der Waals surface area contributed by atoms with Gasteiger partial charge in [-0.15, -0.1) is 10.2 Å². The van der Waals surface area contributed by atoms with Crippen LogP contribution in [-0.4, -0.2) is 20.3 Å². The van der Waals surface area contributed by atoms with Crippen LogP contribution in [0.2, 0.25) is 0 Å². The molecule has 0 aliphatic rings. The van der Waals surface area contributed by atoms with Crippen molar-refractivity contribution in [3.05, 3.63) is 41.0 Å². The highest BCUT2D eigenvalue weighted by Crippen LogP contribution is 2.30. The lowest BCUT2D eigenvalue weighted by Gasteiger charge is -2.03. The maximum Gasteiger partial charge on any atom is 0.265 e. The van der Waals surface area contributed by atoms with E-state index in [0.29, 0.717) is 10.9 Å². The SMILES string of the molecule is O=c1[nH]c2ccccc2c(O)c1-c1nnco1. The molecule has 0 spiro atoms. The Kier molecular flexibility index (Phi) is 1.94. The normalized spacial score (nSPS) is 10.8. The first kappa shape index (κ1) is 9.59. The Balaban J connectivity index is 2.44. The van der Waals surface area contributed by atoms with Crippen molar-refractivity contribution >= 4 is 10.9 Å². The third-order valence-corrected chi connectivity index (χ3v) is 2.47. The van der Waals surface area contributed by atoms with E-state index in [1.807, 2.05) is 0 Å². The van der Waals surface area contributed by atoms with Crippen LogP contribution >= 0.6 is 0 Å². The van der Waals surface area contributed by atoms with Gasteiger partial charge in [-0.05, 0) is 12.1 Å².